The van der Waals surface area contributed by atoms with Crippen LogP contribution in [0.1, 0.15) is 31.0 Å². The number of aromatic nitrogens is 2. The summed E-state index contributed by atoms with van der Waals surface area (Å²) in [4.78, 5) is 11.4. The highest BCUT2D eigenvalue weighted by molar-refractivity contribution is 8.00. The van der Waals surface area contributed by atoms with Crippen molar-refractivity contribution in [1.29, 1.82) is 0 Å². The predicted molar refractivity (Wildman–Crippen MR) is 76.9 cm³/mol. The van der Waals surface area contributed by atoms with E-state index in [0.717, 1.165) is 31.3 Å². The monoisotopic (exact) mass is 297 g/mol. The Balaban J connectivity index is 1.80. The summed E-state index contributed by atoms with van der Waals surface area (Å²) in [7, 11) is 0. The zero-order chi connectivity index (χ0) is 13.0. The SMILES string of the molecule is C[C@@H]1COCCN1c1nc(Cl)nc2c1CSC21CC1. The summed E-state index contributed by atoms with van der Waals surface area (Å²) < 4.78 is 5.78. The Morgan fingerprint density at radius 3 is 3.00 bits per heavy atom. The van der Waals surface area contributed by atoms with Crippen LogP contribution >= 0.6 is 23.4 Å². The third-order valence-corrected chi connectivity index (χ3v) is 5.98. The number of hydrogen-bond donors (Lipinski definition) is 0. The Kier molecular flexibility index (Phi) is 2.73. The first kappa shape index (κ1) is 12.2. The summed E-state index contributed by atoms with van der Waals surface area (Å²) in [6, 6.07) is 0.351. The molecular weight excluding hydrogens is 282 g/mol. The van der Waals surface area contributed by atoms with Gasteiger partial charge in [-0.1, -0.05) is 0 Å². The van der Waals surface area contributed by atoms with Gasteiger partial charge >= 0.3 is 0 Å². The number of anilines is 1. The van der Waals surface area contributed by atoms with E-state index in [1.165, 1.54) is 24.1 Å². The quantitative estimate of drug-likeness (QED) is 0.745. The van der Waals surface area contributed by atoms with E-state index < -0.39 is 0 Å². The molecule has 3 heterocycles. The van der Waals surface area contributed by atoms with Gasteiger partial charge in [0.05, 0.1) is 29.7 Å². The number of morpholine rings is 1. The minimum absolute atomic E-state index is 0.270. The van der Waals surface area contributed by atoms with Gasteiger partial charge in [-0.05, 0) is 31.4 Å². The van der Waals surface area contributed by atoms with Gasteiger partial charge in [0.25, 0.3) is 0 Å². The van der Waals surface area contributed by atoms with Gasteiger partial charge in [0, 0.05) is 17.9 Å². The lowest BCUT2D eigenvalue weighted by molar-refractivity contribution is 0.0984. The molecule has 2 fully saturated rings. The largest absolute Gasteiger partial charge is 0.377 e. The van der Waals surface area contributed by atoms with Gasteiger partial charge in [0.2, 0.25) is 5.28 Å². The van der Waals surface area contributed by atoms with Gasteiger partial charge in [0.15, 0.2) is 0 Å². The Morgan fingerprint density at radius 1 is 1.42 bits per heavy atom. The average molecular weight is 298 g/mol. The standard InChI is InChI=1S/C13H16ClN3OS/c1-8-6-18-5-4-17(8)11-9-7-19-13(2-3-13)10(9)15-12(14)16-11/h8H,2-7H2,1H3/t8-/m1/s1. The minimum Gasteiger partial charge on any atom is -0.377 e. The van der Waals surface area contributed by atoms with Gasteiger partial charge in [0.1, 0.15) is 5.82 Å². The van der Waals surface area contributed by atoms with Crippen LogP contribution in [-0.2, 0) is 15.2 Å². The lowest BCUT2D eigenvalue weighted by Crippen LogP contribution is -2.44. The number of rotatable bonds is 1. The van der Waals surface area contributed by atoms with Crippen molar-refractivity contribution in [1.82, 2.24) is 9.97 Å². The maximum Gasteiger partial charge on any atom is 0.224 e. The second-order valence-corrected chi connectivity index (χ2v) is 7.24. The molecule has 1 saturated carbocycles. The fourth-order valence-electron chi connectivity index (χ4n) is 3.01. The van der Waals surface area contributed by atoms with Crippen LogP contribution in [0, 0.1) is 0 Å². The maximum atomic E-state index is 6.16. The lowest BCUT2D eigenvalue weighted by Gasteiger charge is -2.35. The van der Waals surface area contributed by atoms with Gasteiger partial charge in [-0.2, -0.15) is 0 Å². The van der Waals surface area contributed by atoms with Crippen molar-refractivity contribution in [2.75, 3.05) is 24.7 Å². The Bertz CT molecular complexity index is 535. The number of nitrogens with zero attached hydrogens (tertiary/aromatic N) is 3. The molecule has 3 aliphatic rings. The number of ether oxygens (including phenoxy) is 1. The maximum absolute atomic E-state index is 6.16. The summed E-state index contributed by atoms with van der Waals surface area (Å²) in [5, 5.41) is 0.390. The van der Waals surface area contributed by atoms with Crippen LogP contribution < -0.4 is 4.90 Å². The van der Waals surface area contributed by atoms with Crippen LogP contribution in [0.4, 0.5) is 5.82 Å². The molecule has 6 heteroatoms. The van der Waals surface area contributed by atoms with E-state index >= 15 is 0 Å². The minimum atomic E-state index is 0.270. The fourth-order valence-corrected chi connectivity index (χ4v) is 4.56. The highest BCUT2D eigenvalue weighted by Gasteiger charge is 2.52. The average Bonchev–Trinajstić information content (AvgIpc) is 3.09. The molecule has 1 spiro atoms. The zero-order valence-electron chi connectivity index (χ0n) is 10.9. The predicted octanol–water partition coefficient (Wildman–Crippen LogP) is 2.59. The molecule has 2 aliphatic heterocycles. The number of halogens is 1. The molecule has 0 unspecified atom stereocenters. The van der Waals surface area contributed by atoms with E-state index in [4.69, 9.17) is 16.3 Å². The van der Waals surface area contributed by atoms with Gasteiger partial charge in [-0.15, -0.1) is 11.8 Å². The van der Waals surface area contributed by atoms with Crippen molar-refractivity contribution in [3.05, 3.63) is 16.5 Å². The van der Waals surface area contributed by atoms with Crippen LogP contribution in [0.2, 0.25) is 5.28 Å². The highest BCUT2D eigenvalue weighted by Crippen LogP contribution is 2.63. The molecule has 102 valence electrons. The number of hydrogen-bond acceptors (Lipinski definition) is 5. The van der Waals surface area contributed by atoms with Crippen molar-refractivity contribution in [3.8, 4) is 0 Å². The van der Waals surface area contributed by atoms with Crippen LogP contribution in [0.25, 0.3) is 0 Å². The van der Waals surface area contributed by atoms with E-state index in [0.29, 0.717) is 11.3 Å². The molecule has 1 aromatic rings. The summed E-state index contributed by atoms with van der Waals surface area (Å²) in [6.45, 7) is 4.59. The molecule has 1 aliphatic carbocycles. The van der Waals surface area contributed by atoms with Crippen molar-refractivity contribution in [2.45, 2.75) is 36.3 Å². The first-order chi connectivity index (χ1) is 9.20. The molecule has 1 saturated heterocycles. The fraction of sp³-hybridized carbons (Fsp3) is 0.692. The summed E-state index contributed by atoms with van der Waals surface area (Å²) in [5.41, 5.74) is 2.51. The second-order valence-electron chi connectivity index (χ2n) is 5.54. The smallest absolute Gasteiger partial charge is 0.224 e. The molecule has 19 heavy (non-hydrogen) atoms. The van der Waals surface area contributed by atoms with E-state index in [-0.39, 0.29) is 4.75 Å². The third kappa shape index (κ3) is 1.86. The van der Waals surface area contributed by atoms with Gasteiger partial charge in [-0.3, -0.25) is 0 Å². The molecule has 1 atom stereocenters. The van der Waals surface area contributed by atoms with Crippen molar-refractivity contribution in [3.63, 3.8) is 0 Å². The first-order valence-electron chi connectivity index (χ1n) is 6.75. The molecule has 1 aromatic heterocycles. The molecule has 0 aromatic carbocycles. The molecule has 0 N–H and O–H groups in total. The molecule has 4 rings (SSSR count). The first-order valence-corrected chi connectivity index (χ1v) is 8.11. The van der Waals surface area contributed by atoms with Crippen LogP contribution in [0.5, 0.6) is 0 Å². The van der Waals surface area contributed by atoms with E-state index in [1.54, 1.807) is 0 Å². The Labute approximate surface area is 121 Å². The van der Waals surface area contributed by atoms with Crippen molar-refractivity contribution in [2.24, 2.45) is 0 Å². The third-order valence-electron chi connectivity index (χ3n) is 4.23. The number of fused-ring (bicyclic) bond motifs is 2. The lowest BCUT2D eigenvalue weighted by atomic mass is 10.1. The molecule has 0 radical (unpaired) electrons. The topological polar surface area (TPSA) is 38.2 Å². The molecule has 0 bridgehead atoms. The zero-order valence-corrected chi connectivity index (χ0v) is 12.4. The molecule has 4 nitrogen and oxygen atoms in total. The Hall–Kier alpha value is -0.520. The molecular formula is C13H16ClN3OS. The van der Waals surface area contributed by atoms with E-state index in [2.05, 4.69) is 21.8 Å². The van der Waals surface area contributed by atoms with Crippen LogP contribution in [0.3, 0.4) is 0 Å². The van der Waals surface area contributed by atoms with E-state index in [9.17, 15) is 0 Å². The number of thioether (sulfide) groups is 1. The van der Waals surface area contributed by atoms with Crippen molar-refractivity contribution >= 4 is 29.2 Å². The summed E-state index contributed by atoms with van der Waals surface area (Å²) in [5.74, 6) is 2.06. The van der Waals surface area contributed by atoms with Crippen LogP contribution in [0.15, 0.2) is 0 Å². The van der Waals surface area contributed by atoms with E-state index in [1.807, 2.05) is 11.8 Å². The summed E-state index contributed by atoms with van der Waals surface area (Å²) >= 11 is 8.17. The molecule has 0 amide bonds. The van der Waals surface area contributed by atoms with Crippen molar-refractivity contribution < 1.29 is 4.74 Å². The highest BCUT2D eigenvalue weighted by atomic mass is 35.5. The normalized spacial score (nSPS) is 27.7. The van der Waals surface area contributed by atoms with Gasteiger partial charge in [-0.25, -0.2) is 9.97 Å². The second kappa shape index (κ2) is 4.24. The Morgan fingerprint density at radius 2 is 2.26 bits per heavy atom. The van der Waals surface area contributed by atoms with Crippen LogP contribution in [-0.4, -0.2) is 35.8 Å². The summed E-state index contributed by atoms with van der Waals surface area (Å²) in [6.07, 6.45) is 2.46. The van der Waals surface area contributed by atoms with Gasteiger partial charge < -0.3 is 9.64 Å².